The molecular formula is C8H13NO2. The fourth-order valence-electron chi connectivity index (χ4n) is 0.660. The van der Waals surface area contributed by atoms with Crippen LogP contribution < -0.4 is 5.32 Å². The molecule has 1 N–H and O–H groups in total. The van der Waals surface area contributed by atoms with E-state index >= 15 is 0 Å². The van der Waals surface area contributed by atoms with E-state index in [1.54, 1.807) is 0 Å². The lowest BCUT2D eigenvalue weighted by molar-refractivity contribution is -0.121. The Morgan fingerprint density at radius 2 is 2.00 bits per heavy atom. The molecule has 3 heteroatoms. The van der Waals surface area contributed by atoms with Gasteiger partial charge in [-0.1, -0.05) is 13.5 Å². The predicted octanol–water partition coefficient (Wildman–Crippen LogP) is 1.01. The number of ketones is 1. The molecular weight excluding hydrogens is 142 g/mol. The maximum absolute atomic E-state index is 11.0. The summed E-state index contributed by atoms with van der Waals surface area (Å²) in [7, 11) is 0. The van der Waals surface area contributed by atoms with Crippen LogP contribution in [0, 0.1) is 0 Å². The number of Topliss-reactive ketones (excluding diaryl/α,β-unsaturated/α-hetero) is 1. The number of carbonyl (C=O) groups is 2. The summed E-state index contributed by atoms with van der Waals surface area (Å²) in [5, 5.41) is 2.34. The molecule has 0 saturated heterocycles. The number of amides is 1. The molecule has 0 radical (unpaired) electrons. The molecule has 62 valence electrons. The van der Waals surface area contributed by atoms with Crippen molar-refractivity contribution in [3.8, 4) is 0 Å². The van der Waals surface area contributed by atoms with Gasteiger partial charge in [-0.25, -0.2) is 0 Å². The van der Waals surface area contributed by atoms with E-state index in [0.717, 1.165) is 6.42 Å². The highest BCUT2D eigenvalue weighted by atomic mass is 16.2. The van der Waals surface area contributed by atoms with Gasteiger partial charge in [-0.3, -0.25) is 9.59 Å². The van der Waals surface area contributed by atoms with E-state index in [4.69, 9.17) is 0 Å². The number of hydrogen-bond donors (Lipinski definition) is 1. The molecule has 3 nitrogen and oxygen atoms in total. The average Bonchev–Trinajstić information content (AvgIpc) is 1.86. The summed E-state index contributed by atoms with van der Waals surface area (Å²) in [6.07, 6.45) is 1.22. The van der Waals surface area contributed by atoms with Gasteiger partial charge >= 0.3 is 0 Å². The lowest BCUT2D eigenvalue weighted by Gasteiger charge is -2.02. The molecule has 0 rings (SSSR count). The van der Waals surface area contributed by atoms with Crippen molar-refractivity contribution in [2.24, 2.45) is 0 Å². The summed E-state index contributed by atoms with van der Waals surface area (Å²) in [6.45, 7) is 6.69. The molecule has 0 aromatic rings. The number of carbonyl (C=O) groups excluding carboxylic acids is 2. The molecule has 0 aliphatic heterocycles. The molecule has 0 unspecified atom stereocenters. The summed E-state index contributed by atoms with van der Waals surface area (Å²) in [5.74, 6) is -0.345. The number of rotatable bonds is 4. The minimum absolute atomic E-state index is 0.0947. The maximum atomic E-state index is 11.0. The van der Waals surface area contributed by atoms with Gasteiger partial charge in [0.1, 0.15) is 0 Å². The van der Waals surface area contributed by atoms with Gasteiger partial charge in [-0.05, 0) is 6.42 Å². The van der Waals surface area contributed by atoms with Crippen molar-refractivity contribution in [2.75, 3.05) is 0 Å². The Kier molecular flexibility index (Phi) is 4.18. The minimum Gasteiger partial charge on any atom is -0.324 e. The van der Waals surface area contributed by atoms with Crippen LogP contribution in [0.25, 0.3) is 0 Å². The van der Waals surface area contributed by atoms with Gasteiger partial charge in [0.15, 0.2) is 5.78 Å². The van der Waals surface area contributed by atoms with Gasteiger partial charge in [0.05, 0.1) is 5.70 Å². The van der Waals surface area contributed by atoms with E-state index in [0.29, 0.717) is 6.42 Å². The van der Waals surface area contributed by atoms with Crippen LogP contribution in [0.5, 0.6) is 0 Å². The SMILES string of the molecule is C=C(NC(C)=O)C(=O)CCC. The second-order valence-corrected chi connectivity index (χ2v) is 2.33. The Morgan fingerprint density at radius 1 is 1.45 bits per heavy atom. The molecule has 11 heavy (non-hydrogen) atoms. The molecule has 0 bridgehead atoms. The maximum Gasteiger partial charge on any atom is 0.221 e. The molecule has 0 fully saturated rings. The van der Waals surface area contributed by atoms with Crippen LogP contribution in [0.2, 0.25) is 0 Å². The first kappa shape index (κ1) is 9.88. The van der Waals surface area contributed by atoms with E-state index in [1.807, 2.05) is 6.92 Å². The van der Waals surface area contributed by atoms with Gasteiger partial charge in [0.2, 0.25) is 5.91 Å². The fourth-order valence-corrected chi connectivity index (χ4v) is 0.660. The molecule has 0 aromatic carbocycles. The summed E-state index contributed by atoms with van der Waals surface area (Å²) >= 11 is 0. The predicted molar refractivity (Wildman–Crippen MR) is 42.9 cm³/mol. The summed E-state index contributed by atoms with van der Waals surface area (Å²) in [6, 6.07) is 0. The normalized spacial score (nSPS) is 8.91. The first-order chi connectivity index (χ1) is 5.07. The number of hydrogen-bond acceptors (Lipinski definition) is 2. The zero-order valence-electron chi connectivity index (χ0n) is 6.94. The Hall–Kier alpha value is -1.12. The van der Waals surface area contributed by atoms with Crippen LogP contribution in [0.4, 0.5) is 0 Å². The molecule has 0 aliphatic rings. The van der Waals surface area contributed by atoms with Crippen molar-refractivity contribution in [1.82, 2.24) is 5.32 Å². The highest BCUT2D eigenvalue weighted by Crippen LogP contribution is 1.95. The summed E-state index contributed by atoms with van der Waals surface area (Å²) in [5.41, 5.74) is 0.194. The Balaban J connectivity index is 3.83. The zero-order valence-corrected chi connectivity index (χ0v) is 6.94. The van der Waals surface area contributed by atoms with Crippen molar-refractivity contribution in [1.29, 1.82) is 0 Å². The van der Waals surface area contributed by atoms with E-state index in [9.17, 15) is 9.59 Å². The zero-order chi connectivity index (χ0) is 8.85. The standard InChI is InChI=1S/C8H13NO2/c1-4-5-8(11)6(2)9-7(3)10/h2,4-5H2,1,3H3,(H,9,10). The van der Waals surface area contributed by atoms with E-state index < -0.39 is 0 Å². The first-order valence-corrected chi connectivity index (χ1v) is 3.57. The topological polar surface area (TPSA) is 46.2 Å². The van der Waals surface area contributed by atoms with Crippen LogP contribution >= 0.6 is 0 Å². The Morgan fingerprint density at radius 3 is 2.36 bits per heavy atom. The fraction of sp³-hybridized carbons (Fsp3) is 0.500. The van der Waals surface area contributed by atoms with Gasteiger partial charge in [-0.15, -0.1) is 0 Å². The quantitative estimate of drug-likeness (QED) is 0.616. The molecule has 0 spiro atoms. The van der Waals surface area contributed by atoms with Crippen LogP contribution in [-0.2, 0) is 9.59 Å². The lowest BCUT2D eigenvalue weighted by Crippen LogP contribution is -2.23. The molecule has 0 aliphatic carbocycles. The van der Waals surface area contributed by atoms with Crippen LogP contribution in [0.15, 0.2) is 12.3 Å². The highest BCUT2D eigenvalue weighted by molar-refractivity contribution is 5.97. The summed E-state index contributed by atoms with van der Waals surface area (Å²) in [4.78, 5) is 21.4. The average molecular weight is 155 g/mol. The van der Waals surface area contributed by atoms with E-state index in [1.165, 1.54) is 6.92 Å². The van der Waals surface area contributed by atoms with Crippen molar-refractivity contribution in [2.45, 2.75) is 26.7 Å². The third kappa shape index (κ3) is 4.31. The van der Waals surface area contributed by atoms with Gasteiger partial charge in [0, 0.05) is 13.3 Å². The molecule has 0 atom stereocenters. The van der Waals surface area contributed by atoms with Crippen LogP contribution in [0.3, 0.4) is 0 Å². The van der Waals surface area contributed by atoms with E-state index in [-0.39, 0.29) is 17.4 Å². The largest absolute Gasteiger partial charge is 0.324 e. The van der Waals surface area contributed by atoms with Gasteiger partial charge < -0.3 is 5.32 Å². The number of allylic oxidation sites excluding steroid dienone is 1. The minimum atomic E-state index is -0.251. The first-order valence-electron chi connectivity index (χ1n) is 3.57. The van der Waals surface area contributed by atoms with Crippen LogP contribution in [-0.4, -0.2) is 11.7 Å². The van der Waals surface area contributed by atoms with Crippen molar-refractivity contribution >= 4 is 11.7 Å². The monoisotopic (exact) mass is 155 g/mol. The van der Waals surface area contributed by atoms with Crippen LogP contribution in [0.1, 0.15) is 26.7 Å². The highest BCUT2D eigenvalue weighted by Gasteiger charge is 2.05. The lowest BCUT2D eigenvalue weighted by atomic mass is 10.2. The van der Waals surface area contributed by atoms with Crippen molar-refractivity contribution in [3.63, 3.8) is 0 Å². The third-order valence-electron chi connectivity index (χ3n) is 1.14. The second-order valence-electron chi connectivity index (χ2n) is 2.33. The Labute approximate surface area is 66.5 Å². The van der Waals surface area contributed by atoms with Crippen molar-refractivity contribution in [3.05, 3.63) is 12.3 Å². The van der Waals surface area contributed by atoms with E-state index in [2.05, 4.69) is 11.9 Å². The molecule has 0 saturated carbocycles. The number of nitrogens with one attached hydrogen (secondary N) is 1. The van der Waals surface area contributed by atoms with Crippen molar-refractivity contribution < 1.29 is 9.59 Å². The molecule has 0 aromatic heterocycles. The Bertz CT molecular complexity index is 185. The molecule has 1 amide bonds. The summed E-state index contributed by atoms with van der Waals surface area (Å²) < 4.78 is 0. The smallest absolute Gasteiger partial charge is 0.221 e. The third-order valence-corrected chi connectivity index (χ3v) is 1.14. The van der Waals surface area contributed by atoms with Gasteiger partial charge in [-0.2, -0.15) is 0 Å². The molecule has 0 heterocycles. The second kappa shape index (κ2) is 4.66. The van der Waals surface area contributed by atoms with Gasteiger partial charge in [0.25, 0.3) is 0 Å².